The number of benzene rings is 1. The van der Waals surface area contributed by atoms with E-state index in [-0.39, 0.29) is 0 Å². The van der Waals surface area contributed by atoms with E-state index in [1.165, 1.54) is 31.2 Å². The van der Waals surface area contributed by atoms with Gasteiger partial charge in [-0.25, -0.2) is 0 Å². The molecule has 1 N–H and O–H groups in total. The maximum absolute atomic E-state index is 5.48. The van der Waals surface area contributed by atoms with Gasteiger partial charge in [0.05, 0.1) is 7.11 Å². The first-order chi connectivity index (χ1) is 9.71. The van der Waals surface area contributed by atoms with Gasteiger partial charge < -0.3 is 10.1 Å². The zero-order valence-electron chi connectivity index (χ0n) is 13.6. The molecule has 20 heavy (non-hydrogen) atoms. The lowest BCUT2D eigenvalue weighted by Crippen LogP contribution is -2.33. The molecule has 1 rings (SSSR count). The molecule has 0 heterocycles. The molecule has 0 fully saturated rings. The maximum atomic E-state index is 5.48. The number of para-hydroxylation sites is 1. The first-order valence-electron chi connectivity index (χ1n) is 8.06. The molecule has 0 aliphatic carbocycles. The van der Waals surface area contributed by atoms with E-state index in [1.807, 2.05) is 6.07 Å². The summed E-state index contributed by atoms with van der Waals surface area (Å²) in [7, 11) is 1.76. The third-order valence-corrected chi connectivity index (χ3v) is 3.81. The van der Waals surface area contributed by atoms with E-state index >= 15 is 0 Å². The molecular weight excluding hydrogens is 246 g/mol. The molecule has 0 spiro atoms. The Morgan fingerprint density at radius 2 is 1.90 bits per heavy atom. The predicted molar refractivity (Wildman–Crippen MR) is 87.5 cm³/mol. The molecule has 2 heteroatoms. The van der Waals surface area contributed by atoms with Crippen molar-refractivity contribution < 1.29 is 4.74 Å². The topological polar surface area (TPSA) is 21.3 Å². The second-order valence-electron chi connectivity index (χ2n) is 5.80. The molecule has 0 saturated carbocycles. The lowest BCUT2D eigenvalue weighted by atomic mass is 9.93. The monoisotopic (exact) mass is 277 g/mol. The van der Waals surface area contributed by atoms with Crippen LogP contribution in [0.4, 0.5) is 0 Å². The molecule has 2 atom stereocenters. The minimum atomic E-state index is 0.549. The van der Waals surface area contributed by atoms with Crippen LogP contribution in [0.2, 0.25) is 0 Å². The molecular formula is C18H31NO. The largest absolute Gasteiger partial charge is 0.496 e. The van der Waals surface area contributed by atoms with Crippen molar-refractivity contribution >= 4 is 0 Å². The number of methoxy groups -OCH3 is 1. The number of rotatable bonds is 10. The highest BCUT2D eigenvalue weighted by molar-refractivity contribution is 5.33. The van der Waals surface area contributed by atoms with Crippen molar-refractivity contribution in [1.82, 2.24) is 5.32 Å². The molecule has 2 nitrogen and oxygen atoms in total. The molecule has 1 aromatic carbocycles. The standard InChI is InChI=1S/C18H31NO/c1-5-9-15(3)13-17(19-12-6-2)14-16-10-7-8-11-18(16)20-4/h7-8,10-11,15,17,19H,5-6,9,12-14H2,1-4H3. The van der Waals surface area contributed by atoms with Crippen LogP contribution < -0.4 is 10.1 Å². The summed E-state index contributed by atoms with van der Waals surface area (Å²) in [6, 6.07) is 8.93. The first kappa shape index (κ1) is 17.0. The van der Waals surface area contributed by atoms with Gasteiger partial charge >= 0.3 is 0 Å². The van der Waals surface area contributed by atoms with Gasteiger partial charge in [-0.3, -0.25) is 0 Å². The van der Waals surface area contributed by atoms with Crippen molar-refractivity contribution in [3.05, 3.63) is 29.8 Å². The Kier molecular flexibility index (Phi) is 8.36. The Bertz CT molecular complexity index is 364. The fourth-order valence-electron chi connectivity index (χ4n) is 2.82. The van der Waals surface area contributed by atoms with Gasteiger partial charge in [0.1, 0.15) is 5.75 Å². The summed E-state index contributed by atoms with van der Waals surface area (Å²) < 4.78 is 5.48. The zero-order valence-corrected chi connectivity index (χ0v) is 13.6. The van der Waals surface area contributed by atoms with Crippen molar-refractivity contribution in [3.63, 3.8) is 0 Å². The summed E-state index contributed by atoms with van der Waals surface area (Å²) in [5, 5.41) is 3.70. The van der Waals surface area contributed by atoms with Gasteiger partial charge in [-0.2, -0.15) is 0 Å². The van der Waals surface area contributed by atoms with Crippen LogP contribution >= 0.6 is 0 Å². The molecule has 114 valence electrons. The van der Waals surface area contributed by atoms with Gasteiger partial charge in [0, 0.05) is 6.04 Å². The fraction of sp³-hybridized carbons (Fsp3) is 0.667. The Hall–Kier alpha value is -1.02. The molecule has 0 amide bonds. The minimum Gasteiger partial charge on any atom is -0.496 e. The van der Waals surface area contributed by atoms with Crippen LogP contribution in [0.3, 0.4) is 0 Å². The predicted octanol–water partition coefficient (Wildman–Crippen LogP) is 4.43. The van der Waals surface area contributed by atoms with E-state index in [0.717, 1.165) is 24.6 Å². The smallest absolute Gasteiger partial charge is 0.122 e. The number of nitrogens with one attached hydrogen (secondary N) is 1. The molecule has 0 saturated heterocycles. The van der Waals surface area contributed by atoms with Crippen LogP contribution in [-0.4, -0.2) is 19.7 Å². The SMILES string of the molecule is CCCNC(Cc1ccccc1OC)CC(C)CCC. The highest BCUT2D eigenvalue weighted by Crippen LogP contribution is 2.22. The summed E-state index contributed by atoms with van der Waals surface area (Å²) in [6.07, 6.45) is 6.07. The fourth-order valence-corrected chi connectivity index (χ4v) is 2.82. The molecule has 0 aliphatic rings. The summed E-state index contributed by atoms with van der Waals surface area (Å²) in [6.45, 7) is 7.96. The Labute approximate surface area is 124 Å². The molecule has 0 bridgehead atoms. The average molecular weight is 277 g/mol. The van der Waals surface area contributed by atoms with Crippen LogP contribution in [-0.2, 0) is 6.42 Å². The Morgan fingerprint density at radius 1 is 1.15 bits per heavy atom. The van der Waals surface area contributed by atoms with Crippen LogP contribution in [0.5, 0.6) is 5.75 Å². The van der Waals surface area contributed by atoms with E-state index in [4.69, 9.17) is 4.74 Å². The Morgan fingerprint density at radius 3 is 2.55 bits per heavy atom. The highest BCUT2D eigenvalue weighted by Gasteiger charge is 2.15. The van der Waals surface area contributed by atoms with E-state index in [1.54, 1.807) is 7.11 Å². The molecule has 2 unspecified atom stereocenters. The van der Waals surface area contributed by atoms with Crippen molar-refractivity contribution in [2.24, 2.45) is 5.92 Å². The van der Waals surface area contributed by atoms with E-state index in [2.05, 4.69) is 44.3 Å². The van der Waals surface area contributed by atoms with E-state index in [9.17, 15) is 0 Å². The Balaban J connectivity index is 2.67. The van der Waals surface area contributed by atoms with Crippen molar-refractivity contribution in [2.75, 3.05) is 13.7 Å². The summed E-state index contributed by atoms with van der Waals surface area (Å²) in [4.78, 5) is 0. The molecule has 1 aromatic rings. The maximum Gasteiger partial charge on any atom is 0.122 e. The zero-order chi connectivity index (χ0) is 14.8. The van der Waals surface area contributed by atoms with Crippen LogP contribution in [0.1, 0.15) is 52.0 Å². The third-order valence-electron chi connectivity index (χ3n) is 3.81. The highest BCUT2D eigenvalue weighted by atomic mass is 16.5. The number of ether oxygens (including phenoxy) is 1. The summed E-state index contributed by atoms with van der Waals surface area (Å²) >= 11 is 0. The number of hydrogen-bond acceptors (Lipinski definition) is 2. The molecule has 0 radical (unpaired) electrons. The van der Waals surface area contributed by atoms with Gasteiger partial charge in [-0.15, -0.1) is 0 Å². The van der Waals surface area contributed by atoms with E-state index < -0.39 is 0 Å². The van der Waals surface area contributed by atoms with Gasteiger partial charge in [0.15, 0.2) is 0 Å². The van der Waals surface area contributed by atoms with Gasteiger partial charge in [0.2, 0.25) is 0 Å². The van der Waals surface area contributed by atoms with E-state index in [0.29, 0.717) is 6.04 Å². The molecule has 0 aromatic heterocycles. The van der Waals surface area contributed by atoms with Crippen molar-refractivity contribution in [1.29, 1.82) is 0 Å². The second kappa shape index (κ2) is 9.82. The lowest BCUT2D eigenvalue weighted by Gasteiger charge is -2.23. The lowest BCUT2D eigenvalue weighted by molar-refractivity contribution is 0.370. The number of hydrogen-bond donors (Lipinski definition) is 1. The first-order valence-corrected chi connectivity index (χ1v) is 8.06. The minimum absolute atomic E-state index is 0.549. The van der Waals surface area contributed by atoms with Crippen LogP contribution in [0, 0.1) is 5.92 Å². The molecule has 0 aliphatic heterocycles. The van der Waals surface area contributed by atoms with Gasteiger partial charge in [-0.05, 0) is 43.4 Å². The quantitative estimate of drug-likeness (QED) is 0.683. The van der Waals surface area contributed by atoms with Crippen molar-refractivity contribution in [3.8, 4) is 5.75 Å². The summed E-state index contributed by atoms with van der Waals surface area (Å²) in [5.74, 6) is 1.79. The summed E-state index contributed by atoms with van der Waals surface area (Å²) in [5.41, 5.74) is 1.31. The normalized spacial score (nSPS) is 14.0. The van der Waals surface area contributed by atoms with Crippen LogP contribution in [0.25, 0.3) is 0 Å². The second-order valence-corrected chi connectivity index (χ2v) is 5.80. The average Bonchev–Trinajstić information content (AvgIpc) is 2.45. The van der Waals surface area contributed by atoms with Gasteiger partial charge in [-0.1, -0.05) is 51.8 Å². The van der Waals surface area contributed by atoms with Gasteiger partial charge in [0.25, 0.3) is 0 Å². The van der Waals surface area contributed by atoms with Crippen molar-refractivity contribution in [2.45, 2.75) is 58.9 Å². The third kappa shape index (κ3) is 5.96. The van der Waals surface area contributed by atoms with Crippen LogP contribution in [0.15, 0.2) is 24.3 Å².